The van der Waals surface area contributed by atoms with Crippen LogP contribution in [0.2, 0.25) is 0 Å². The van der Waals surface area contributed by atoms with E-state index < -0.39 is 0 Å². The fourth-order valence-corrected chi connectivity index (χ4v) is 5.84. The van der Waals surface area contributed by atoms with E-state index in [1.54, 1.807) is 13.2 Å². The monoisotopic (exact) mass is 361 g/mol. The van der Waals surface area contributed by atoms with Gasteiger partial charge in [-0.2, -0.15) is 0 Å². The van der Waals surface area contributed by atoms with Crippen LogP contribution in [0, 0.1) is 17.7 Å². The average Bonchev–Trinajstić information content (AvgIpc) is 3.20. The van der Waals surface area contributed by atoms with Gasteiger partial charge in [0.15, 0.2) is 0 Å². The molecule has 25 heavy (non-hydrogen) atoms. The maximum Gasteiger partial charge on any atom is 0.261 e. The highest BCUT2D eigenvalue weighted by Gasteiger charge is 2.34. The summed E-state index contributed by atoms with van der Waals surface area (Å²) in [5, 5.41) is 3.75. The Bertz CT molecular complexity index is 787. The zero-order valence-electron chi connectivity index (χ0n) is 14.5. The number of methoxy groups -OCH3 is 1. The first-order valence-electron chi connectivity index (χ1n) is 9.17. The Morgan fingerprint density at radius 1 is 1.28 bits per heavy atom. The van der Waals surface area contributed by atoms with Gasteiger partial charge < -0.3 is 10.1 Å². The predicted octanol–water partition coefficient (Wildman–Crippen LogP) is 4.89. The Kier molecular flexibility index (Phi) is 4.78. The number of nitrogens with one attached hydrogen (secondary N) is 1. The van der Waals surface area contributed by atoms with Gasteiger partial charge in [-0.25, -0.2) is 4.39 Å². The molecule has 2 fully saturated rings. The van der Waals surface area contributed by atoms with E-state index in [0.29, 0.717) is 15.8 Å². The molecule has 1 aromatic heterocycles. The van der Waals surface area contributed by atoms with Crippen LogP contribution in [-0.2, 0) is 11.3 Å². The van der Waals surface area contributed by atoms with Crippen LogP contribution in [0.5, 0.6) is 0 Å². The predicted molar refractivity (Wildman–Crippen MR) is 98.4 cm³/mol. The summed E-state index contributed by atoms with van der Waals surface area (Å²) in [5.74, 6) is 1.29. The average molecular weight is 361 g/mol. The van der Waals surface area contributed by atoms with Crippen molar-refractivity contribution in [1.29, 1.82) is 0 Å². The van der Waals surface area contributed by atoms with Gasteiger partial charge in [-0.15, -0.1) is 11.3 Å². The van der Waals surface area contributed by atoms with E-state index in [4.69, 9.17) is 4.74 Å². The number of halogens is 1. The first kappa shape index (κ1) is 17.0. The number of thiophene rings is 1. The number of hydrogen-bond donors (Lipinski definition) is 1. The molecular formula is C20H24FNO2S. The molecule has 0 radical (unpaired) electrons. The van der Waals surface area contributed by atoms with E-state index in [0.717, 1.165) is 29.4 Å². The third-order valence-corrected chi connectivity index (χ3v) is 7.08. The van der Waals surface area contributed by atoms with Crippen molar-refractivity contribution >= 4 is 27.3 Å². The molecule has 0 spiro atoms. The quantitative estimate of drug-likeness (QED) is 0.842. The van der Waals surface area contributed by atoms with Gasteiger partial charge in [0.1, 0.15) is 5.82 Å². The smallest absolute Gasteiger partial charge is 0.261 e. The molecule has 2 aliphatic carbocycles. The molecule has 2 aromatic rings. The van der Waals surface area contributed by atoms with Crippen LogP contribution in [0.3, 0.4) is 0 Å². The number of fused-ring (bicyclic) bond motifs is 2. The molecule has 3 nitrogen and oxygen atoms in total. The van der Waals surface area contributed by atoms with Crippen LogP contribution in [0.4, 0.5) is 4.39 Å². The Morgan fingerprint density at radius 2 is 2.12 bits per heavy atom. The van der Waals surface area contributed by atoms with Gasteiger partial charge in [-0.05, 0) is 43.2 Å². The molecule has 0 saturated heterocycles. The second-order valence-corrected chi connectivity index (χ2v) is 8.44. The van der Waals surface area contributed by atoms with Gasteiger partial charge in [-0.3, -0.25) is 4.79 Å². The molecular weight excluding hydrogens is 337 g/mol. The lowest BCUT2D eigenvalue weighted by atomic mass is 9.79. The van der Waals surface area contributed by atoms with Crippen molar-refractivity contribution in [2.24, 2.45) is 11.8 Å². The Balaban J connectivity index is 1.57. The maximum absolute atomic E-state index is 14.3. The normalized spacial score (nSPS) is 25.9. The SMILES string of the molecule is COCc1c(C(=O)N[C@@H]2CC[C@@H]3CCC[C@H]3C2)sc2cccc(F)c12. The van der Waals surface area contributed by atoms with E-state index in [1.807, 2.05) is 6.07 Å². The number of carbonyl (C=O) groups excluding carboxylic acids is 1. The highest BCUT2D eigenvalue weighted by atomic mass is 32.1. The summed E-state index contributed by atoms with van der Waals surface area (Å²) in [7, 11) is 1.58. The molecule has 1 N–H and O–H groups in total. The molecule has 3 atom stereocenters. The number of carbonyl (C=O) groups is 1. The first-order valence-corrected chi connectivity index (χ1v) is 9.98. The summed E-state index contributed by atoms with van der Waals surface area (Å²) in [6.45, 7) is 0.249. The van der Waals surface area contributed by atoms with Crippen molar-refractivity contribution in [3.63, 3.8) is 0 Å². The lowest BCUT2D eigenvalue weighted by Crippen LogP contribution is -2.39. The summed E-state index contributed by atoms with van der Waals surface area (Å²) >= 11 is 1.36. The molecule has 1 aromatic carbocycles. The second-order valence-electron chi connectivity index (χ2n) is 7.39. The van der Waals surface area contributed by atoms with Gasteiger partial charge in [0.2, 0.25) is 0 Å². The van der Waals surface area contributed by atoms with Gasteiger partial charge >= 0.3 is 0 Å². The fourth-order valence-electron chi connectivity index (χ4n) is 4.72. The van der Waals surface area contributed by atoms with Crippen LogP contribution >= 0.6 is 11.3 Å². The van der Waals surface area contributed by atoms with E-state index >= 15 is 0 Å². The first-order chi connectivity index (χ1) is 12.2. The third-order valence-electron chi connectivity index (χ3n) is 5.88. The van der Waals surface area contributed by atoms with Crippen molar-refractivity contribution in [3.8, 4) is 0 Å². The number of ether oxygens (including phenoxy) is 1. The van der Waals surface area contributed by atoms with Gasteiger partial charge in [0.25, 0.3) is 5.91 Å². The van der Waals surface area contributed by atoms with Crippen molar-refractivity contribution in [1.82, 2.24) is 5.32 Å². The molecule has 5 heteroatoms. The molecule has 1 amide bonds. The van der Waals surface area contributed by atoms with Crippen LogP contribution < -0.4 is 5.32 Å². The number of hydrogen-bond acceptors (Lipinski definition) is 3. The second kappa shape index (κ2) is 7.04. The lowest BCUT2D eigenvalue weighted by molar-refractivity contribution is 0.0910. The van der Waals surface area contributed by atoms with E-state index in [1.165, 1.54) is 43.1 Å². The zero-order chi connectivity index (χ0) is 17.4. The molecule has 2 saturated carbocycles. The Hall–Kier alpha value is -1.46. The lowest BCUT2D eigenvalue weighted by Gasteiger charge is -2.32. The molecule has 2 aliphatic rings. The van der Waals surface area contributed by atoms with Gasteiger partial charge in [-0.1, -0.05) is 25.3 Å². The summed E-state index contributed by atoms with van der Waals surface area (Å²) < 4.78 is 20.3. The minimum atomic E-state index is -0.286. The van der Waals surface area contributed by atoms with E-state index in [-0.39, 0.29) is 24.4 Å². The minimum Gasteiger partial charge on any atom is -0.380 e. The van der Waals surface area contributed by atoms with Crippen LogP contribution in [-0.4, -0.2) is 19.1 Å². The molecule has 0 aliphatic heterocycles. The Labute approximate surface area is 151 Å². The summed E-state index contributed by atoms with van der Waals surface area (Å²) in [4.78, 5) is 13.5. The van der Waals surface area contributed by atoms with Gasteiger partial charge in [0, 0.05) is 28.8 Å². The number of amides is 1. The number of benzene rings is 1. The molecule has 0 bridgehead atoms. The minimum absolute atomic E-state index is 0.0749. The third kappa shape index (κ3) is 3.20. The molecule has 1 heterocycles. The van der Waals surface area contributed by atoms with E-state index in [9.17, 15) is 9.18 Å². The van der Waals surface area contributed by atoms with Crippen LogP contribution in [0.25, 0.3) is 10.1 Å². The summed E-state index contributed by atoms with van der Waals surface area (Å²) in [6.07, 6.45) is 7.38. The summed E-state index contributed by atoms with van der Waals surface area (Å²) in [5.41, 5.74) is 0.674. The molecule has 0 unspecified atom stereocenters. The molecule has 4 rings (SSSR count). The highest BCUT2D eigenvalue weighted by molar-refractivity contribution is 7.21. The molecule has 134 valence electrons. The highest BCUT2D eigenvalue weighted by Crippen LogP contribution is 2.42. The van der Waals surface area contributed by atoms with Crippen molar-refractivity contribution in [3.05, 3.63) is 34.5 Å². The fraction of sp³-hybridized carbons (Fsp3) is 0.550. The van der Waals surface area contributed by atoms with Crippen LogP contribution in [0.15, 0.2) is 18.2 Å². The van der Waals surface area contributed by atoms with Crippen molar-refractivity contribution < 1.29 is 13.9 Å². The van der Waals surface area contributed by atoms with Gasteiger partial charge in [0.05, 0.1) is 11.5 Å². The summed E-state index contributed by atoms with van der Waals surface area (Å²) in [6, 6.07) is 5.24. The zero-order valence-corrected chi connectivity index (χ0v) is 15.3. The van der Waals surface area contributed by atoms with Crippen LogP contribution in [0.1, 0.15) is 53.8 Å². The topological polar surface area (TPSA) is 38.3 Å². The van der Waals surface area contributed by atoms with E-state index in [2.05, 4.69) is 5.32 Å². The van der Waals surface area contributed by atoms with Crippen molar-refractivity contribution in [2.75, 3.05) is 7.11 Å². The van der Waals surface area contributed by atoms with Crippen molar-refractivity contribution in [2.45, 2.75) is 51.2 Å². The Morgan fingerprint density at radius 3 is 2.96 bits per heavy atom. The standard InChI is InChI=1S/C20H24FNO2S/c1-24-11-15-18-16(21)6-3-7-17(18)25-19(15)20(23)22-14-9-8-12-4-2-5-13(12)10-14/h3,6-7,12-14H,2,4-5,8-11H2,1H3,(H,22,23)/t12-,13-,14+/m0/s1. The largest absolute Gasteiger partial charge is 0.380 e. The number of rotatable bonds is 4. The maximum atomic E-state index is 14.3.